The van der Waals surface area contributed by atoms with E-state index in [0.29, 0.717) is 0 Å². The van der Waals surface area contributed by atoms with Crippen LogP contribution in [0.15, 0.2) is 121 Å². The van der Waals surface area contributed by atoms with Crippen LogP contribution in [0.4, 0.5) is 0 Å². The fourth-order valence-electron chi connectivity index (χ4n) is 3.77. The van der Waals surface area contributed by atoms with Gasteiger partial charge < -0.3 is 59.1 Å². The predicted molar refractivity (Wildman–Crippen MR) is 168 cm³/mol. The van der Waals surface area contributed by atoms with Gasteiger partial charge in [-0.1, -0.05) is 143 Å². The molecule has 0 aliphatic rings. The first-order valence-corrected chi connectivity index (χ1v) is 15.0. The first-order chi connectivity index (χ1) is 21.9. The number of benzene rings is 4. The summed E-state index contributed by atoms with van der Waals surface area (Å²) in [6.07, 6.45) is 0. The fourth-order valence-corrected chi connectivity index (χ4v) is 7.95. The van der Waals surface area contributed by atoms with Crippen molar-refractivity contribution < 1.29 is 56.7 Å². The molecule has 0 bridgehead atoms. The summed E-state index contributed by atoms with van der Waals surface area (Å²) < 4.78 is 30.0. The summed E-state index contributed by atoms with van der Waals surface area (Å²) in [6, 6.07) is 66.0. The Kier molecular flexibility index (Phi) is 28.2. The third kappa shape index (κ3) is 14.4. The van der Waals surface area contributed by atoms with E-state index in [9.17, 15) is 0 Å². The molecule has 6 rings (SSSR count). The Labute approximate surface area is 299 Å². The van der Waals surface area contributed by atoms with Crippen molar-refractivity contribution in [3.63, 3.8) is 0 Å². The van der Waals surface area contributed by atoms with E-state index >= 15 is 0 Å². The molecule has 4 nitrogen and oxygen atoms in total. The Morgan fingerprint density at radius 1 is 0.370 bits per heavy atom. The molecular formula is C38H20FeO4P2W-10. The van der Waals surface area contributed by atoms with E-state index in [4.69, 9.17) is 18.6 Å². The van der Waals surface area contributed by atoms with Gasteiger partial charge in [0.15, 0.2) is 0 Å². The van der Waals surface area contributed by atoms with Gasteiger partial charge in [-0.3, -0.25) is 0 Å². The molecule has 0 fully saturated rings. The van der Waals surface area contributed by atoms with Crippen LogP contribution >= 0.6 is 15.8 Å². The summed E-state index contributed by atoms with van der Waals surface area (Å²) in [6.45, 7) is 18.0. The molecule has 0 aromatic heterocycles. The van der Waals surface area contributed by atoms with Gasteiger partial charge in [-0.2, -0.15) is 0 Å². The second-order valence-electron chi connectivity index (χ2n) is 7.71. The molecule has 0 radical (unpaired) electrons. The minimum atomic E-state index is -0.583. The van der Waals surface area contributed by atoms with E-state index in [0.717, 1.165) is 10.6 Å². The number of hydrogen-bond donors (Lipinski definition) is 0. The van der Waals surface area contributed by atoms with Crippen molar-refractivity contribution in [2.75, 3.05) is 0 Å². The summed E-state index contributed by atoms with van der Waals surface area (Å²) >= 11 is 0. The second kappa shape index (κ2) is 29.0. The van der Waals surface area contributed by atoms with Crippen molar-refractivity contribution in [1.82, 2.24) is 0 Å². The number of hydrogen-bond acceptors (Lipinski definition) is 0. The Bertz CT molecular complexity index is 1390. The molecule has 6 aromatic rings. The second-order valence-corrected chi connectivity index (χ2v) is 12.0. The third-order valence-electron chi connectivity index (χ3n) is 5.35. The predicted octanol–water partition coefficient (Wildman–Crippen LogP) is 4.57. The standard InChI is InChI=1S/2C17H10P.4CO.Fe.W/c2*1-3-9-15(10-4-1)18(17-13-7-8-14-17)16-11-5-2-6-12-16;4*1-2;;/h2*1-6,9-12H;;;;;;/q2*-5;;;;;;. The quantitative estimate of drug-likeness (QED) is 0.102. The van der Waals surface area contributed by atoms with Gasteiger partial charge in [0.2, 0.25) is 0 Å². The molecule has 0 aliphatic heterocycles. The summed E-state index contributed by atoms with van der Waals surface area (Å²) in [7, 11) is -1.17. The summed E-state index contributed by atoms with van der Waals surface area (Å²) in [4.78, 5) is 0. The monoisotopic (exact) mass is 842 g/mol. The summed E-state index contributed by atoms with van der Waals surface area (Å²) in [5.41, 5.74) is 0. The molecule has 0 atom stereocenters. The summed E-state index contributed by atoms with van der Waals surface area (Å²) in [5, 5.41) is 7.33. The SMILES string of the molecule is [C-]#[O+].[C-]#[O+].[C-]#[O+].[C-]#[O+].[Fe].[W].[c-]1[c-][c-][c-](P(c2ccccc2)c2ccccc2)[c-]1.[c-]1[c-][c-][c-](P(c2ccccc2)c2ccccc2)[c-]1. The minimum Gasteiger partial charge on any atom is -0.998 e. The van der Waals surface area contributed by atoms with Gasteiger partial charge in [-0.15, -0.1) is 0 Å². The third-order valence-corrected chi connectivity index (χ3v) is 9.95. The largest absolute Gasteiger partial charge is 0.998 e. The molecule has 0 N–H and O–H groups in total. The molecule has 6 aromatic carbocycles. The molecule has 0 saturated heterocycles. The van der Waals surface area contributed by atoms with E-state index in [1.165, 1.54) is 21.2 Å². The molecule has 0 heterocycles. The Morgan fingerprint density at radius 2 is 0.543 bits per heavy atom. The van der Waals surface area contributed by atoms with Crippen molar-refractivity contribution in [1.29, 1.82) is 0 Å². The van der Waals surface area contributed by atoms with E-state index in [1.54, 1.807) is 0 Å². The van der Waals surface area contributed by atoms with Gasteiger partial charge >= 0.3 is 45.2 Å². The van der Waals surface area contributed by atoms with Crippen LogP contribution in [-0.2, 0) is 56.7 Å². The molecule has 0 aliphatic carbocycles. The average Bonchev–Trinajstić information content (AvgIpc) is 3.87. The van der Waals surface area contributed by atoms with Gasteiger partial charge in [-0.05, 0) is 0 Å². The molecule has 8 heteroatoms. The van der Waals surface area contributed by atoms with Gasteiger partial charge in [0.1, 0.15) is 0 Å². The van der Waals surface area contributed by atoms with Gasteiger partial charge in [0.05, 0.1) is 0 Å². The van der Waals surface area contributed by atoms with Gasteiger partial charge in [-0.25, -0.2) is 15.8 Å². The van der Waals surface area contributed by atoms with Crippen LogP contribution in [0.3, 0.4) is 0 Å². The van der Waals surface area contributed by atoms with Crippen LogP contribution in [0.25, 0.3) is 0 Å². The Hall–Kier alpha value is -3.39. The Morgan fingerprint density at radius 3 is 0.717 bits per heavy atom. The van der Waals surface area contributed by atoms with E-state index in [-0.39, 0.29) is 38.1 Å². The Balaban J connectivity index is 0. The maximum absolute atomic E-state index is 7.50. The van der Waals surface area contributed by atoms with Crippen molar-refractivity contribution >= 4 is 47.7 Å². The molecule has 46 heavy (non-hydrogen) atoms. The normalized spacial score (nSPS) is 8.57. The molecule has 0 spiro atoms. The molecule has 0 saturated carbocycles. The smallest absolute Gasteiger partial charge is 0 e. The molecule has 0 amide bonds. The minimum absolute atomic E-state index is 0. The van der Waals surface area contributed by atoms with E-state index in [2.05, 4.69) is 172 Å². The average molecular weight is 842 g/mol. The topological polar surface area (TPSA) is 79.6 Å². The zero-order chi connectivity index (χ0) is 32.4. The van der Waals surface area contributed by atoms with Crippen LogP contribution in [-0.4, -0.2) is 0 Å². The van der Waals surface area contributed by atoms with Gasteiger partial charge in [0.25, 0.3) is 0 Å². The molecule has 230 valence electrons. The fraction of sp³-hybridized carbons (Fsp3) is 0. The van der Waals surface area contributed by atoms with E-state index < -0.39 is 15.8 Å². The van der Waals surface area contributed by atoms with Crippen molar-refractivity contribution in [3.8, 4) is 0 Å². The summed E-state index contributed by atoms with van der Waals surface area (Å²) in [5.74, 6) is 0. The van der Waals surface area contributed by atoms with Crippen molar-refractivity contribution in [2.45, 2.75) is 0 Å². The zero-order valence-electron chi connectivity index (χ0n) is 23.8. The first kappa shape index (κ1) is 44.7. The first-order valence-electron chi connectivity index (χ1n) is 12.3. The molecular weight excluding hydrogens is 822 g/mol. The molecule has 0 unspecified atom stereocenters. The van der Waals surface area contributed by atoms with Crippen molar-refractivity contribution in [2.24, 2.45) is 0 Å². The number of rotatable bonds is 6. The van der Waals surface area contributed by atoms with Crippen LogP contribution in [0.2, 0.25) is 0 Å². The van der Waals surface area contributed by atoms with Gasteiger partial charge in [0, 0.05) is 38.1 Å². The van der Waals surface area contributed by atoms with Crippen LogP contribution in [0, 0.1) is 75.1 Å². The van der Waals surface area contributed by atoms with Crippen LogP contribution < -0.4 is 31.8 Å². The maximum atomic E-state index is 7.50. The maximum Gasteiger partial charge on any atom is 0 e. The van der Waals surface area contributed by atoms with Crippen LogP contribution in [0.1, 0.15) is 0 Å². The van der Waals surface area contributed by atoms with Crippen molar-refractivity contribution in [3.05, 3.63) is 196 Å². The van der Waals surface area contributed by atoms with E-state index in [1.807, 2.05) is 24.3 Å². The van der Waals surface area contributed by atoms with Crippen LogP contribution in [0.5, 0.6) is 0 Å². The zero-order valence-corrected chi connectivity index (χ0v) is 29.7.